The van der Waals surface area contributed by atoms with Gasteiger partial charge in [-0.1, -0.05) is 23.2 Å². The zero-order valence-corrected chi connectivity index (χ0v) is 12.2. The Balaban J connectivity index is 2.45. The van der Waals surface area contributed by atoms with Crippen molar-refractivity contribution >= 4 is 29.1 Å². The molecule has 0 bridgehead atoms. The molecule has 0 saturated heterocycles. The predicted octanol–water partition coefficient (Wildman–Crippen LogP) is 3.09. The van der Waals surface area contributed by atoms with Gasteiger partial charge in [-0.05, 0) is 17.7 Å². The molecule has 6 heteroatoms. The predicted molar refractivity (Wildman–Crippen MR) is 78.6 cm³/mol. The van der Waals surface area contributed by atoms with Crippen LogP contribution in [0.5, 0.6) is 5.75 Å². The van der Waals surface area contributed by atoms with Crippen molar-refractivity contribution in [2.24, 2.45) is 5.73 Å². The van der Waals surface area contributed by atoms with Crippen LogP contribution in [0.25, 0.3) is 0 Å². The van der Waals surface area contributed by atoms with Crippen molar-refractivity contribution in [3.63, 3.8) is 0 Å². The Morgan fingerprint density at radius 3 is 2.65 bits per heavy atom. The van der Waals surface area contributed by atoms with Crippen molar-refractivity contribution in [3.05, 3.63) is 57.3 Å². The monoisotopic (exact) mass is 310 g/mol. The highest BCUT2D eigenvalue weighted by Crippen LogP contribution is 2.32. The number of aromatic nitrogens is 1. The smallest absolute Gasteiger partial charge is 0.250 e. The molecule has 20 heavy (non-hydrogen) atoms. The van der Waals surface area contributed by atoms with Gasteiger partial charge in [0.05, 0.1) is 22.7 Å². The van der Waals surface area contributed by atoms with E-state index < -0.39 is 5.91 Å². The number of carbonyl (C=O) groups is 1. The fraction of sp³-hybridized carbons (Fsp3) is 0.143. The number of amides is 1. The van der Waals surface area contributed by atoms with Gasteiger partial charge < -0.3 is 10.5 Å². The largest absolute Gasteiger partial charge is 0.496 e. The second kappa shape index (κ2) is 6.11. The Morgan fingerprint density at radius 1 is 1.30 bits per heavy atom. The lowest BCUT2D eigenvalue weighted by atomic mass is 10.0. The van der Waals surface area contributed by atoms with Crippen LogP contribution in [0.3, 0.4) is 0 Å². The van der Waals surface area contributed by atoms with E-state index in [0.29, 0.717) is 27.8 Å². The lowest BCUT2D eigenvalue weighted by molar-refractivity contribution is 0.0999. The molecule has 104 valence electrons. The van der Waals surface area contributed by atoms with Gasteiger partial charge in [0.1, 0.15) is 5.75 Å². The number of carbonyl (C=O) groups excluding carboxylic acids is 1. The first-order valence-electron chi connectivity index (χ1n) is 5.77. The Kier molecular flexibility index (Phi) is 4.47. The summed E-state index contributed by atoms with van der Waals surface area (Å²) >= 11 is 12.0. The average molecular weight is 311 g/mol. The molecular formula is C14H12Cl2N2O2. The van der Waals surface area contributed by atoms with Gasteiger partial charge in [0, 0.05) is 30.4 Å². The standard InChI is InChI=1S/C14H12Cl2N2O2/c1-20-13-6-12(16)11(15)5-9(13)4-8-2-3-18-7-10(8)14(17)19/h2-3,5-7H,4H2,1H3,(H2,17,19). The second-order valence-corrected chi connectivity index (χ2v) is 4.97. The quantitative estimate of drug-likeness (QED) is 0.943. The number of primary amides is 1. The number of nitrogens with two attached hydrogens (primary N) is 1. The number of rotatable bonds is 4. The van der Waals surface area contributed by atoms with Crippen molar-refractivity contribution in [3.8, 4) is 5.75 Å². The zero-order valence-electron chi connectivity index (χ0n) is 10.7. The number of nitrogens with zero attached hydrogens (tertiary/aromatic N) is 1. The molecule has 0 aliphatic carbocycles. The third-order valence-electron chi connectivity index (χ3n) is 2.88. The van der Waals surface area contributed by atoms with Crippen LogP contribution in [0.4, 0.5) is 0 Å². The van der Waals surface area contributed by atoms with Gasteiger partial charge >= 0.3 is 0 Å². The molecule has 0 spiro atoms. The summed E-state index contributed by atoms with van der Waals surface area (Å²) in [7, 11) is 1.55. The first kappa shape index (κ1) is 14.6. The van der Waals surface area contributed by atoms with E-state index in [0.717, 1.165) is 11.1 Å². The maximum absolute atomic E-state index is 11.4. The molecule has 1 aromatic heterocycles. The molecule has 1 aromatic carbocycles. The summed E-state index contributed by atoms with van der Waals surface area (Å²) in [5.74, 6) is 0.0822. The van der Waals surface area contributed by atoms with Crippen molar-refractivity contribution in [2.75, 3.05) is 7.11 Å². The van der Waals surface area contributed by atoms with E-state index in [1.165, 1.54) is 6.20 Å². The number of pyridine rings is 1. The van der Waals surface area contributed by atoms with Crippen LogP contribution >= 0.6 is 23.2 Å². The average Bonchev–Trinajstić information content (AvgIpc) is 2.43. The van der Waals surface area contributed by atoms with Crippen molar-refractivity contribution in [1.82, 2.24) is 4.98 Å². The van der Waals surface area contributed by atoms with Gasteiger partial charge in [0.25, 0.3) is 5.91 Å². The van der Waals surface area contributed by atoms with Crippen LogP contribution in [0.15, 0.2) is 30.6 Å². The van der Waals surface area contributed by atoms with Gasteiger partial charge in [-0.2, -0.15) is 0 Å². The van der Waals surface area contributed by atoms with Crippen LogP contribution in [0.1, 0.15) is 21.5 Å². The molecular weight excluding hydrogens is 299 g/mol. The molecule has 0 saturated carbocycles. The minimum Gasteiger partial charge on any atom is -0.496 e. The number of benzene rings is 1. The van der Waals surface area contributed by atoms with Crippen LogP contribution < -0.4 is 10.5 Å². The van der Waals surface area contributed by atoms with E-state index in [-0.39, 0.29) is 0 Å². The molecule has 2 N–H and O–H groups in total. The van der Waals surface area contributed by atoms with Crippen LogP contribution in [0, 0.1) is 0 Å². The van der Waals surface area contributed by atoms with E-state index in [9.17, 15) is 4.79 Å². The van der Waals surface area contributed by atoms with Gasteiger partial charge in [-0.25, -0.2) is 0 Å². The molecule has 2 rings (SSSR count). The van der Waals surface area contributed by atoms with E-state index >= 15 is 0 Å². The fourth-order valence-corrected chi connectivity index (χ4v) is 2.24. The number of hydrogen-bond donors (Lipinski definition) is 1. The lowest BCUT2D eigenvalue weighted by Gasteiger charge is -2.12. The molecule has 0 fully saturated rings. The van der Waals surface area contributed by atoms with Crippen molar-refractivity contribution in [1.29, 1.82) is 0 Å². The molecule has 2 aromatic rings. The third-order valence-corrected chi connectivity index (χ3v) is 3.60. The van der Waals surface area contributed by atoms with Crippen LogP contribution in [0.2, 0.25) is 10.0 Å². The number of ether oxygens (including phenoxy) is 1. The summed E-state index contributed by atoms with van der Waals surface area (Å²) in [6, 6.07) is 5.10. The van der Waals surface area contributed by atoms with Gasteiger partial charge in [0.2, 0.25) is 0 Å². The topological polar surface area (TPSA) is 65.2 Å². The van der Waals surface area contributed by atoms with Crippen LogP contribution in [-0.2, 0) is 6.42 Å². The van der Waals surface area contributed by atoms with Gasteiger partial charge in [0.15, 0.2) is 0 Å². The highest BCUT2D eigenvalue weighted by molar-refractivity contribution is 6.42. The maximum Gasteiger partial charge on any atom is 0.250 e. The summed E-state index contributed by atoms with van der Waals surface area (Å²) in [4.78, 5) is 15.3. The Hall–Kier alpha value is -1.78. The number of methoxy groups -OCH3 is 1. The summed E-state index contributed by atoms with van der Waals surface area (Å²) in [6.07, 6.45) is 3.49. The van der Waals surface area contributed by atoms with E-state index in [1.54, 1.807) is 31.5 Å². The minimum atomic E-state index is -0.521. The summed E-state index contributed by atoms with van der Waals surface area (Å²) in [5.41, 5.74) is 7.28. The summed E-state index contributed by atoms with van der Waals surface area (Å²) < 4.78 is 5.28. The second-order valence-electron chi connectivity index (χ2n) is 4.15. The van der Waals surface area contributed by atoms with Crippen molar-refractivity contribution < 1.29 is 9.53 Å². The normalized spacial score (nSPS) is 10.3. The first-order chi connectivity index (χ1) is 9.52. The molecule has 1 heterocycles. The number of hydrogen-bond acceptors (Lipinski definition) is 3. The highest BCUT2D eigenvalue weighted by atomic mass is 35.5. The Bertz CT molecular complexity index is 660. The first-order valence-corrected chi connectivity index (χ1v) is 6.53. The minimum absolute atomic E-state index is 0.376. The lowest BCUT2D eigenvalue weighted by Crippen LogP contribution is -2.14. The molecule has 0 atom stereocenters. The third kappa shape index (κ3) is 3.03. The van der Waals surface area contributed by atoms with Gasteiger partial charge in [-0.3, -0.25) is 9.78 Å². The zero-order chi connectivity index (χ0) is 14.7. The van der Waals surface area contributed by atoms with Gasteiger partial charge in [-0.15, -0.1) is 0 Å². The fourth-order valence-electron chi connectivity index (χ4n) is 1.90. The molecule has 1 amide bonds. The summed E-state index contributed by atoms with van der Waals surface area (Å²) in [5, 5.41) is 0.842. The molecule has 0 radical (unpaired) electrons. The number of halogens is 2. The Morgan fingerprint density at radius 2 is 2.00 bits per heavy atom. The molecule has 4 nitrogen and oxygen atoms in total. The molecule has 0 aliphatic rings. The van der Waals surface area contributed by atoms with E-state index in [2.05, 4.69) is 4.98 Å². The SMILES string of the molecule is COc1cc(Cl)c(Cl)cc1Cc1ccncc1C(N)=O. The van der Waals surface area contributed by atoms with E-state index in [1.807, 2.05) is 0 Å². The van der Waals surface area contributed by atoms with Crippen molar-refractivity contribution in [2.45, 2.75) is 6.42 Å². The maximum atomic E-state index is 11.4. The van der Waals surface area contributed by atoms with Crippen LogP contribution in [-0.4, -0.2) is 18.0 Å². The molecule has 0 aliphatic heterocycles. The molecule has 0 unspecified atom stereocenters. The Labute approximate surface area is 126 Å². The van der Waals surface area contributed by atoms with E-state index in [4.69, 9.17) is 33.7 Å². The highest BCUT2D eigenvalue weighted by Gasteiger charge is 2.13. The summed E-state index contributed by atoms with van der Waals surface area (Å²) in [6.45, 7) is 0.